The first kappa shape index (κ1) is 27.1. The Hall–Kier alpha value is -2.94. The lowest BCUT2D eigenvalue weighted by Gasteiger charge is -2.32. The molecule has 37 heavy (non-hydrogen) atoms. The fourth-order valence-electron chi connectivity index (χ4n) is 4.61. The molecule has 0 radical (unpaired) electrons. The number of hydrogen-bond acceptors (Lipinski definition) is 6. The molecule has 1 fully saturated rings. The van der Waals surface area contributed by atoms with Gasteiger partial charge in [-0.1, -0.05) is 48.9 Å². The van der Waals surface area contributed by atoms with Crippen molar-refractivity contribution in [1.82, 2.24) is 14.9 Å². The first-order valence-corrected chi connectivity index (χ1v) is 14.4. The van der Waals surface area contributed by atoms with Gasteiger partial charge in [0.25, 0.3) is 10.0 Å². The van der Waals surface area contributed by atoms with Crippen LogP contribution in [0.15, 0.2) is 59.8 Å². The largest absolute Gasteiger partial charge is 0.351 e. The van der Waals surface area contributed by atoms with E-state index in [0.717, 1.165) is 36.0 Å². The molecule has 9 heteroatoms. The normalized spacial score (nSPS) is 18.3. The zero-order valence-corrected chi connectivity index (χ0v) is 23.1. The van der Waals surface area contributed by atoms with Crippen molar-refractivity contribution < 1.29 is 8.42 Å². The molecule has 196 valence electrons. The molecule has 7 nitrogen and oxygen atoms in total. The number of nitrogens with one attached hydrogen (secondary N) is 2. The molecule has 0 aliphatic heterocycles. The summed E-state index contributed by atoms with van der Waals surface area (Å²) in [5.74, 6) is 0.662. The van der Waals surface area contributed by atoms with Crippen molar-refractivity contribution in [3.05, 3.63) is 76.6 Å². The van der Waals surface area contributed by atoms with Crippen LogP contribution in [0, 0.1) is 0 Å². The highest BCUT2D eigenvalue weighted by Crippen LogP contribution is 2.26. The fraction of sp³-hybridized carbons (Fsp3) is 0.357. The Kier molecular flexibility index (Phi) is 8.84. The van der Waals surface area contributed by atoms with E-state index in [4.69, 9.17) is 11.6 Å². The second-order valence-corrected chi connectivity index (χ2v) is 11.6. The second-order valence-electron chi connectivity index (χ2n) is 9.59. The van der Waals surface area contributed by atoms with E-state index in [-0.39, 0.29) is 9.92 Å². The van der Waals surface area contributed by atoms with Crippen LogP contribution in [0.3, 0.4) is 0 Å². The van der Waals surface area contributed by atoms with Gasteiger partial charge in [0, 0.05) is 35.7 Å². The second kappa shape index (κ2) is 12.1. The van der Waals surface area contributed by atoms with E-state index >= 15 is 0 Å². The van der Waals surface area contributed by atoms with E-state index in [1.165, 1.54) is 18.9 Å². The van der Waals surface area contributed by atoms with Crippen molar-refractivity contribution in [2.24, 2.45) is 0 Å². The third kappa shape index (κ3) is 7.09. The van der Waals surface area contributed by atoms with Crippen molar-refractivity contribution in [2.75, 3.05) is 24.1 Å². The molecule has 0 bridgehead atoms. The Morgan fingerprint density at radius 1 is 1.03 bits per heavy atom. The van der Waals surface area contributed by atoms with Gasteiger partial charge in [-0.2, -0.15) is 0 Å². The van der Waals surface area contributed by atoms with E-state index < -0.39 is 10.0 Å². The predicted octanol–water partition coefficient (Wildman–Crippen LogP) is 5.95. The van der Waals surface area contributed by atoms with Gasteiger partial charge in [0.15, 0.2) is 0 Å². The van der Waals surface area contributed by atoms with Gasteiger partial charge in [-0.15, -0.1) is 0 Å². The lowest BCUT2D eigenvalue weighted by atomic mass is 9.91. The highest BCUT2D eigenvalue weighted by atomic mass is 35.5. The van der Waals surface area contributed by atoms with Crippen LogP contribution in [0.1, 0.15) is 49.3 Å². The standard InChI is InChI=1S/C28H34ClN5O2S/c1-4-21-17-24(33-37(35,36)27-8-6-5-7-26(27)29)12-11-22(21)10-9-20-18-30-28(31-19-20)32-23-13-15-25(16-14-23)34(2)3/h5-12,17-19,23,25,33H,4,13-16H2,1-3H3,(H,30,31,32)/b10-9+. The number of nitrogens with zero attached hydrogens (tertiary/aromatic N) is 3. The summed E-state index contributed by atoms with van der Waals surface area (Å²) in [6.45, 7) is 2.04. The van der Waals surface area contributed by atoms with E-state index in [9.17, 15) is 8.42 Å². The molecule has 1 aromatic heterocycles. The number of halogens is 1. The Morgan fingerprint density at radius 3 is 2.38 bits per heavy atom. The number of anilines is 2. The van der Waals surface area contributed by atoms with Crippen molar-refractivity contribution in [2.45, 2.75) is 56.0 Å². The SMILES string of the molecule is CCc1cc(NS(=O)(=O)c2ccccc2Cl)ccc1/C=C/c1cnc(NC2CCC(N(C)C)CC2)nc1. The molecule has 2 N–H and O–H groups in total. The molecule has 2 aromatic carbocycles. The minimum Gasteiger partial charge on any atom is -0.351 e. The summed E-state index contributed by atoms with van der Waals surface area (Å²) >= 11 is 6.09. The number of rotatable bonds is 9. The lowest BCUT2D eigenvalue weighted by Crippen LogP contribution is -2.36. The number of hydrogen-bond donors (Lipinski definition) is 2. The lowest BCUT2D eigenvalue weighted by molar-refractivity contribution is 0.221. The maximum absolute atomic E-state index is 12.8. The summed E-state index contributed by atoms with van der Waals surface area (Å²) in [7, 11) is 0.513. The van der Waals surface area contributed by atoms with Gasteiger partial charge in [0.1, 0.15) is 4.90 Å². The number of benzene rings is 2. The summed E-state index contributed by atoms with van der Waals surface area (Å²) in [4.78, 5) is 11.4. The van der Waals surface area contributed by atoms with Crippen LogP contribution in [0.25, 0.3) is 12.2 Å². The molecule has 0 spiro atoms. The van der Waals surface area contributed by atoms with Gasteiger partial charge in [0.05, 0.1) is 5.02 Å². The predicted molar refractivity (Wildman–Crippen MR) is 152 cm³/mol. The minimum atomic E-state index is -3.78. The number of sulfonamides is 1. The molecule has 1 aliphatic rings. The van der Waals surface area contributed by atoms with Crippen LogP contribution < -0.4 is 10.0 Å². The minimum absolute atomic E-state index is 0.0536. The first-order chi connectivity index (χ1) is 17.7. The maximum atomic E-state index is 12.8. The molecule has 3 aromatic rings. The molecule has 1 aliphatic carbocycles. The molecule has 1 saturated carbocycles. The Bertz CT molecular complexity index is 1330. The molecule has 0 amide bonds. The van der Waals surface area contributed by atoms with Crippen molar-refractivity contribution in [3.8, 4) is 0 Å². The quantitative estimate of drug-likeness (QED) is 0.349. The van der Waals surface area contributed by atoms with Crippen LogP contribution in [0.5, 0.6) is 0 Å². The first-order valence-electron chi connectivity index (χ1n) is 12.6. The number of aryl methyl sites for hydroxylation is 1. The monoisotopic (exact) mass is 539 g/mol. The van der Waals surface area contributed by atoms with Gasteiger partial charge in [-0.05, 0) is 81.6 Å². The molecule has 0 saturated heterocycles. The Balaban J connectivity index is 1.39. The maximum Gasteiger partial charge on any atom is 0.263 e. The van der Waals surface area contributed by atoms with Gasteiger partial charge >= 0.3 is 0 Å². The van der Waals surface area contributed by atoms with Crippen molar-refractivity contribution in [1.29, 1.82) is 0 Å². The Labute approximate surface area is 225 Å². The van der Waals surface area contributed by atoms with Crippen LogP contribution in [0.2, 0.25) is 5.02 Å². The van der Waals surface area contributed by atoms with E-state index in [1.54, 1.807) is 24.3 Å². The summed E-state index contributed by atoms with van der Waals surface area (Å²) in [5, 5.41) is 3.66. The van der Waals surface area contributed by atoms with E-state index in [1.807, 2.05) is 43.6 Å². The van der Waals surface area contributed by atoms with Crippen molar-refractivity contribution in [3.63, 3.8) is 0 Å². The third-order valence-electron chi connectivity index (χ3n) is 6.79. The van der Waals surface area contributed by atoms with Crippen LogP contribution in [0.4, 0.5) is 11.6 Å². The molecule has 0 atom stereocenters. The molecule has 4 rings (SSSR count). The number of aromatic nitrogens is 2. The summed E-state index contributed by atoms with van der Waals surface area (Å²) in [5.41, 5.74) is 3.41. The van der Waals surface area contributed by atoms with Crippen LogP contribution >= 0.6 is 11.6 Å². The average molecular weight is 540 g/mol. The molecular formula is C28H34ClN5O2S. The summed E-state index contributed by atoms with van der Waals surface area (Å²) in [6.07, 6.45) is 13.0. The highest BCUT2D eigenvalue weighted by molar-refractivity contribution is 7.92. The van der Waals surface area contributed by atoms with E-state index in [0.29, 0.717) is 23.7 Å². The zero-order chi connectivity index (χ0) is 26.4. The van der Waals surface area contributed by atoms with E-state index in [2.05, 4.69) is 39.0 Å². The average Bonchev–Trinajstić information content (AvgIpc) is 2.89. The summed E-state index contributed by atoms with van der Waals surface area (Å²) in [6, 6.07) is 13.0. The molecular weight excluding hydrogens is 506 g/mol. The van der Waals surface area contributed by atoms with Crippen LogP contribution in [-0.2, 0) is 16.4 Å². The zero-order valence-electron chi connectivity index (χ0n) is 21.5. The van der Waals surface area contributed by atoms with Gasteiger partial charge < -0.3 is 10.2 Å². The van der Waals surface area contributed by atoms with Gasteiger partial charge in [-0.25, -0.2) is 18.4 Å². The van der Waals surface area contributed by atoms with Gasteiger partial charge in [0.2, 0.25) is 5.95 Å². The topological polar surface area (TPSA) is 87.2 Å². The smallest absolute Gasteiger partial charge is 0.263 e. The fourth-order valence-corrected chi connectivity index (χ4v) is 6.18. The Morgan fingerprint density at radius 2 is 1.73 bits per heavy atom. The molecule has 0 unspecified atom stereocenters. The van der Waals surface area contributed by atoms with Crippen LogP contribution in [-0.4, -0.2) is 49.5 Å². The third-order valence-corrected chi connectivity index (χ3v) is 8.67. The van der Waals surface area contributed by atoms with Gasteiger partial charge in [-0.3, -0.25) is 4.72 Å². The summed E-state index contributed by atoms with van der Waals surface area (Å²) < 4.78 is 28.2. The molecule has 1 heterocycles. The highest BCUT2D eigenvalue weighted by Gasteiger charge is 2.22. The van der Waals surface area contributed by atoms with Crippen molar-refractivity contribution >= 4 is 45.4 Å².